The normalized spacial score (nSPS) is 25.2. The van der Waals surface area contributed by atoms with E-state index in [0.29, 0.717) is 18.7 Å². The van der Waals surface area contributed by atoms with Gasteiger partial charge in [0.25, 0.3) is 0 Å². The van der Waals surface area contributed by atoms with E-state index in [2.05, 4.69) is 34.2 Å². The first kappa shape index (κ1) is 16.9. The van der Waals surface area contributed by atoms with E-state index in [4.69, 9.17) is 4.74 Å². The van der Waals surface area contributed by atoms with Crippen molar-refractivity contribution in [1.82, 2.24) is 9.80 Å². The first-order valence-corrected chi connectivity index (χ1v) is 9.76. The largest absolute Gasteiger partial charge is 0.377 e. The average molecular weight is 337 g/mol. The van der Waals surface area contributed by atoms with Crippen LogP contribution in [-0.4, -0.2) is 54.1 Å². The second kappa shape index (κ2) is 8.27. The van der Waals surface area contributed by atoms with Gasteiger partial charge >= 0.3 is 0 Å². The number of hydrogen-bond acceptors (Lipinski definition) is 4. The number of thiophene rings is 1. The number of hydrogen-bond donors (Lipinski definition) is 0. The summed E-state index contributed by atoms with van der Waals surface area (Å²) in [5.74, 6) is 0.284. The fraction of sp³-hybridized carbons (Fsp3) is 0.722. The number of piperidine rings is 1. The summed E-state index contributed by atoms with van der Waals surface area (Å²) in [6.07, 6.45) is 6.10. The molecule has 2 unspecified atom stereocenters. The highest BCUT2D eigenvalue weighted by molar-refractivity contribution is 7.09. The van der Waals surface area contributed by atoms with Gasteiger partial charge in [-0.3, -0.25) is 9.69 Å². The Bertz CT molecular complexity index is 485. The molecule has 1 amide bonds. The van der Waals surface area contributed by atoms with Crippen molar-refractivity contribution in [3.63, 3.8) is 0 Å². The maximum absolute atomic E-state index is 12.8. The summed E-state index contributed by atoms with van der Waals surface area (Å²) in [7, 11) is 0. The molecule has 0 spiro atoms. The van der Waals surface area contributed by atoms with Gasteiger partial charge in [0.2, 0.25) is 5.91 Å². The van der Waals surface area contributed by atoms with Gasteiger partial charge in [-0.2, -0.15) is 0 Å². The second-order valence-electron chi connectivity index (χ2n) is 6.82. The molecule has 2 fully saturated rings. The third-order valence-corrected chi connectivity index (χ3v) is 5.79. The SMILES string of the molecule is CC1CCCCN1C(=O)CN(Cc1cccs1)CC1CCCO1. The van der Waals surface area contributed by atoms with Crippen molar-refractivity contribution in [2.45, 2.75) is 57.7 Å². The highest BCUT2D eigenvalue weighted by Crippen LogP contribution is 2.20. The van der Waals surface area contributed by atoms with E-state index < -0.39 is 0 Å². The van der Waals surface area contributed by atoms with Crippen LogP contribution in [0.1, 0.15) is 43.9 Å². The highest BCUT2D eigenvalue weighted by atomic mass is 32.1. The van der Waals surface area contributed by atoms with Crippen molar-refractivity contribution in [2.24, 2.45) is 0 Å². The van der Waals surface area contributed by atoms with Crippen LogP contribution in [0, 0.1) is 0 Å². The van der Waals surface area contributed by atoms with Gasteiger partial charge < -0.3 is 9.64 Å². The van der Waals surface area contributed by atoms with Crippen LogP contribution in [0.15, 0.2) is 17.5 Å². The number of amides is 1. The Morgan fingerprint density at radius 3 is 3.00 bits per heavy atom. The summed E-state index contributed by atoms with van der Waals surface area (Å²) >= 11 is 1.76. The molecule has 2 saturated heterocycles. The van der Waals surface area contributed by atoms with Gasteiger partial charge in [-0.15, -0.1) is 11.3 Å². The van der Waals surface area contributed by atoms with E-state index in [1.165, 1.54) is 11.3 Å². The quantitative estimate of drug-likeness (QED) is 0.800. The highest BCUT2D eigenvalue weighted by Gasteiger charge is 2.26. The molecule has 23 heavy (non-hydrogen) atoms. The van der Waals surface area contributed by atoms with E-state index in [1.807, 2.05) is 0 Å². The van der Waals surface area contributed by atoms with Gasteiger partial charge in [-0.25, -0.2) is 0 Å². The lowest BCUT2D eigenvalue weighted by Crippen LogP contribution is -2.47. The molecule has 4 nitrogen and oxygen atoms in total. The fourth-order valence-corrected chi connectivity index (χ4v) is 4.38. The third-order valence-electron chi connectivity index (χ3n) is 4.93. The maximum Gasteiger partial charge on any atom is 0.237 e. The first-order valence-electron chi connectivity index (χ1n) is 8.88. The molecular weight excluding hydrogens is 308 g/mol. The molecule has 1 aromatic rings. The van der Waals surface area contributed by atoms with Crippen LogP contribution in [0.2, 0.25) is 0 Å². The van der Waals surface area contributed by atoms with Crippen molar-refractivity contribution in [3.05, 3.63) is 22.4 Å². The topological polar surface area (TPSA) is 32.8 Å². The lowest BCUT2D eigenvalue weighted by atomic mass is 10.0. The Kier molecular flexibility index (Phi) is 6.08. The zero-order valence-electron chi connectivity index (χ0n) is 14.1. The van der Waals surface area contributed by atoms with Crippen LogP contribution in [0.4, 0.5) is 0 Å². The molecule has 5 heteroatoms. The van der Waals surface area contributed by atoms with E-state index >= 15 is 0 Å². The molecule has 3 heterocycles. The van der Waals surface area contributed by atoms with Gasteiger partial charge in [-0.1, -0.05) is 6.07 Å². The molecule has 2 atom stereocenters. The molecule has 0 saturated carbocycles. The van der Waals surface area contributed by atoms with Crippen LogP contribution in [0.5, 0.6) is 0 Å². The summed E-state index contributed by atoms with van der Waals surface area (Å²) in [6, 6.07) is 4.63. The minimum absolute atomic E-state index is 0.284. The third kappa shape index (κ3) is 4.78. The van der Waals surface area contributed by atoms with Gasteiger partial charge in [0.1, 0.15) is 0 Å². The molecule has 0 aromatic carbocycles. The molecule has 0 radical (unpaired) electrons. The summed E-state index contributed by atoms with van der Waals surface area (Å²) in [6.45, 7) is 6.21. The van der Waals surface area contributed by atoms with Gasteiger partial charge in [0.15, 0.2) is 0 Å². The molecule has 0 bridgehead atoms. The summed E-state index contributed by atoms with van der Waals surface area (Å²) in [5.41, 5.74) is 0. The fourth-order valence-electron chi connectivity index (χ4n) is 3.63. The number of carbonyl (C=O) groups excluding carboxylic acids is 1. The Morgan fingerprint density at radius 1 is 1.39 bits per heavy atom. The predicted octanol–water partition coefficient (Wildman–Crippen LogP) is 3.13. The first-order chi connectivity index (χ1) is 11.2. The zero-order valence-corrected chi connectivity index (χ0v) is 14.9. The lowest BCUT2D eigenvalue weighted by molar-refractivity contribution is -0.136. The number of rotatable bonds is 6. The molecule has 0 aliphatic carbocycles. The zero-order chi connectivity index (χ0) is 16.1. The molecule has 2 aliphatic rings. The van der Waals surface area contributed by atoms with Gasteiger partial charge in [0, 0.05) is 37.2 Å². The van der Waals surface area contributed by atoms with E-state index in [1.54, 1.807) is 11.3 Å². The minimum Gasteiger partial charge on any atom is -0.377 e. The molecule has 2 aliphatic heterocycles. The van der Waals surface area contributed by atoms with Crippen molar-refractivity contribution in [3.8, 4) is 0 Å². The number of ether oxygens (including phenoxy) is 1. The molecular formula is C18H28N2O2S. The van der Waals surface area contributed by atoms with Crippen LogP contribution in [0.25, 0.3) is 0 Å². The second-order valence-corrected chi connectivity index (χ2v) is 7.85. The Balaban J connectivity index is 1.60. The van der Waals surface area contributed by atoms with Crippen LogP contribution >= 0.6 is 11.3 Å². The Hall–Kier alpha value is -0.910. The smallest absolute Gasteiger partial charge is 0.237 e. The van der Waals surface area contributed by atoms with E-state index in [0.717, 1.165) is 51.9 Å². The lowest BCUT2D eigenvalue weighted by Gasteiger charge is -2.35. The maximum atomic E-state index is 12.8. The van der Waals surface area contributed by atoms with Crippen molar-refractivity contribution in [1.29, 1.82) is 0 Å². The van der Waals surface area contributed by atoms with Crippen molar-refractivity contribution < 1.29 is 9.53 Å². The minimum atomic E-state index is 0.284. The van der Waals surface area contributed by atoms with Gasteiger partial charge in [0.05, 0.1) is 12.6 Å². The van der Waals surface area contributed by atoms with Crippen LogP contribution < -0.4 is 0 Å². The summed E-state index contributed by atoms with van der Waals surface area (Å²) < 4.78 is 5.79. The van der Waals surface area contributed by atoms with E-state index in [9.17, 15) is 4.79 Å². The number of nitrogens with zero attached hydrogens (tertiary/aromatic N) is 2. The van der Waals surface area contributed by atoms with Crippen molar-refractivity contribution in [2.75, 3.05) is 26.2 Å². The Labute approximate surface area is 143 Å². The van der Waals surface area contributed by atoms with Gasteiger partial charge in [-0.05, 0) is 50.5 Å². The Morgan fingerprint density at radius 2 is 2.30 bits per heavy atom. The summed E-state index contributed by atoms with van der Waals surface area (Å²) in [5, 5.41) is 2.11. The monoisotopic (exact) mass is 336 g/mol. The summed E-state index contributed by atoms with van der Waals surface area (Å²) in [4.78, 5) is 18.5. The van der Waals surface area contributed by atoms with Crippen molar-refractivity contribution >= 4 is 17.2 Å². The predicted molar refractivity (Wildman–Crippen MR) is 93.6 cm³/mol. The molecule has 3 rings (SSSR count). The average Bonchev–Trinajstić information content (AvgIpc) is 3.21. The standard InChI is InChI=1S/C18H28N2O2S/c1-15-6-2-3-9-20(15)18(21)14-19(12-16-7-4-10-22-16)13-17-8-5-11-23-17/h5,8,11,15-16H,2-4,6-7,9-10,12-14H2,1H3. The number of carbonyl (C=O) groups is 1. The molecule has 128 valence electrons. The van der Waals surface area contributed by atoms with E-state index in [-0.39, 0.29) is 5.91 Å². The van der Waals surface area contributed by atoms with Crippen LogP contribution in [0.3, 0.4) is 0 Å². The number of likely N-dealkylation sites (tertiary alicyclic amines) is 1. The van der Waals surface area contributed by atoms with Crippen LogP contribution in [-0.2, 0) is 16.1 Å². The molecule has 0 N–H and O–H groups in total. The molecule has 1 aromatic heterocycles.